The van der Waals surface area contributed by atoms with Crippen LogP contribution in [0.15, 0.2) is 18.2 Å². The van der Waals surface area contributed by atoms with Crippen molar-refractivity contribution in [3.05, 3.63) is 23.8 Å². The molecule has 1 aromatic carbocycles. The summed E-state index contributed by atoms with van der Waals surface area (Å²) in [6, 6.07) is 5.79. The molecule has 0 aliphatic carbocycles. The van der Waals surface area contributed by atoms with Crippen molar-refractivity contribution in [3.63, 3.8) is 0 Å². The third-order valence-electron chi connectivity index (χ3n) is 4.36. The zero-order valence-electron chi connectivity index (χ0n) is 18.0. The molecule has 1 aromatic rings. The van der Waals surface area contributed by atoms with Gasteiger partial charge in [0.1, 0.15) is 0 Å². The van der Waals surface area contributed by atoms with Gasteiger partial charge < -0.3 is 20.1 Å². The Labute approximate surface area is 169 Å². The van der Waals surface area contributed by atoms with Gasteiger partial charge in [0, 0.05) is 19.9 Å². The number of carbonyl (C=O) groups excluding carboxylic acids is 2. The minimum Gasteiger partial charge on any atom is -0.490 e. The van der Waals surface area contributed by atoms with Crippen molar-refractivity contribution >= 4 is 11.8 Å². The highest BCUT2D eigenvalue weighted by atomic mass is 16.5. The average Bonchev–Trinajstić information content (AvgIpc) is 2.64. The van der Waals surface area contributed by atoms with Crippen molar-refractivity contribution in [2.24, 2.45) is 5.92 Å². The van der Waals surface area contributed by atoms with Crippen molar-refractivity contribution < 1.29 is 19.1 Å². The molecule has 1 rings (SSSR count). The maximum Gasteiger partial charge on any atom is 0.220 e. The molecule has 0 saturated carbocycles. The highest BCUT2D eigenvalue weighted by Crippen LogP contribution is 2.33. The van der Waals surface area contributed by atoms with Crippen molar-refractivity contribution in [1.82, 2.24) is 10.6 Å². The number of ether oxygens (including phenoxy) is 2. The Balaban J connectivity index is 2.65. The quantitative estimate of drug-likeness (QED) is 0.498. The summed E-state index contributed by atoms with van der Waals surface area (Å²) in [6.45, 7) is 11.4. The Morgan fingerprint density at radius 3 is 2.29 bits per heavy atom. The van der Waals surface area contributed by atoms with Crippen molar-refractivity contribution in [3.8, 4) is 11.5 Å². The lowest BCUT2D eigenvalue weighted by Gasteiger charge is -2.24. The number of benzene rings is 1. The van der Waals surface area contributed by atoms with E-state index in [9.17, 15) is 9.59 Å². The van der Waals surface area contributed by atoms with Crippen molar-refractivity contribution in [2.45, 2.75) is 66.3 Å². The number of carbonyl (C=O) groups is 2. The maximum absolute atomic E-state index is 12.4. The molecule has 158 valence electrons. The van der Waals surface area contributed by atoms with Crippen LogP contribution in [0, 0.1) is 5.92 Å². The third kappa shape index (κ3) is 8.63. The molecule has 1 atom stereocenters. The van der Waals surface area contributed by atoms with Gasteiger partial charge in [-0.25, -0.2) is 0 Å². The smallest absolute Gasteiger partial charge is 0.220 e. The van der Waals surface area contributed by atoms with E-state index in [1.165, 1.54) is 6.92 Å². The van der Waals surface area contributed by atoms with Gasteiger partial charge in [-0.2, -0.15) is 0 Å². The molecular weight excluding hydrogens is 356 g/mol. The molecule has 0 bridgehead atoms. The van der Waals surface area contributed by atoms with Crippen molar-refractivity contribution in [2.75, 3.05) is 19.8 Å². The van der Waals surface area contributed by atoms with Crippen LogP contribution in [-0.2, 0) is 9.59 Å². The summed E-state index contributed by atoms with van der Waals surface area (Å²) in [7, 11) is 0. The zero-order valence-corrected chi connectivity index (χ0v) is 18.0. The van der Waals surface area contributed by atoms with Gasteiger partial charge in [0.05, 0.1) is 19.3 Å². The van der Waals surface area contributed by atoms with E-state index in [1.54, 1.807) is 0 Å². The lowest BCUT2D eigenvalue weighted by Crippen LogP contribution is -2.31. The number of hydrogen-bond acceptors (Lipinski definition) is 4. The first-order chi connectivity index (χ1) is 13.4. The summed E-state index contributed by atoms with van der Waals surface area (Å²) < 4.78 is 11.3. The van der Waals surface area contributed by atoms with Gasteiger partial charge in [-0.1, -0.05) is 26.3 Å². The van der Waals surface area contributed by atoms with Crippen LogP contribution >= 0.6 is 0 Å². The normalized spacial score (nSPS) is 11.8. The third-order valence-corrected chi connectivity index (χ3v) is 4.36. The van der Waals surface area contributed by atoms with Crippen LogP contribution in [0.25, 0.3) is 0 Å². The summed E-state index contributed by atoms with van der Waals surface area (Å²) in [6.07, 6.45) is 3.09. The van der Waals surface area contributed by atoms with Crippen LogP contribution in [0.4, 0.5) is 0 Å². The first-order valence-corrected chi connectivity index (χ1v) is 10.3. The number of hydrogen-bond donors (Lipinski definition) is 2. The molecule has 0 saturated heterocycles. The summed E-state index contributed by atoms with van der Waals surface area (Å²) in [5.74, 6) is 1.71. The minimum atomic E-state index is -0.0817. The predicted octanol–water partition coefficient (Wildman–Crippen LogP) is 3.99. The Morgan fingerprint density at radius 1 is 1.00 bits per heavy atom. The summed E-state index contributed by atoms with van der Waals surface area (Å²) in [5, 5.41) is 5.93. The Kier molecular flexibility index (Phi) is 11.1. The van der Waals surface area contributed by atoms with Crippen LogP contribution in [0.5, 0.6) is 11.5 Å². The van der Waals surface area contributed by atoms with E-state index in [1.807, 2.05) is 32.0 Å². The Bertz CT molecular complexity index is 617. The molecule has 28 heavy (non-hydrogen) atoms. The highest BCUT2D eigenvalue weighted by molar-refractivity contribution is 5.76. The van der Waals surface area contributed by atoms with E-state index in [0.717, 1.165) is 30.6 Å². The second kappa shape index (κ2) is 13.0. The fourth-order valence-corrected chi connectivity index (χ4v) is 2.99. The highest BCUT2D eigenvalue weighted by Gasteiger charge is 2.20. The molecule has 2 amide bonds. The van der Waals surface area contributed by atoms with Gasteiger partial charge in [-0.3, -0.25) is 9.59 Å². The van der Waals surface area contributed by atoms with E-state index in [2.05, 4.69) is 24.5 Å². The average molecular weight is 393 g/mol. The number of unbranched alkanes of at least 4 members (excludes halogenated alkanes) is 2. The van der Waals surface area contributed by atoms with Crippen molar-refractivity contribution in [1.29, 1.82) is 0 Å². The van der Waals surface area contributed by atoms with Gasteiger partial charge in [0.15, 0.2) is 11.5 Å². The lowest BCUT2D eigenvalue weighted by molar-refractivity contribution is -0.122. The Hall–Kier alpha value is -2.24. The molecule has 0 aliphatic rings. The number of amides is 2. The molecule has 6 nitrogen and oxygen atoms in total. The van der Waals surface area contributed by atoms with Gasteiger partial charge in [0.2, 0.25) is 11.8 Å². The Morgan fingerprint density at radius 2 is 1.68 bits per heavy atom. The summed E-state index contributed by atoms with van der Waals surface area (Å²) in [4.78, 5) is 23.3. The van der Waals surface area contributed by atoms with Gasteiger partial charge in [-0.15, -0.1) is 0 Å². The van der Waals surface area contributed by atoms with Gasteiger partial charge >= 0.3 is 0 Å². The monoisotopic (exact) mass is 392 g/mol. The SMILES string of the molecule is CCOc1ccc(C(NC(=O)CCCCCNC(C)=O)C(C)C)cc1OCC. The maximum atomic E-state index is 12.4. The molecule has 0 aromatic heterocycles. The standard InChI is InChI=1S/C22H36N2O4/c1-6-27-19-13-12-18(15-20(19)28-7-2)22(16(3)4)24-21(26)11-9-8-10-14-23-17(5)25/h12-13,15-16,22H,6-11,14H2,1-5H3,(H,23,25)(H,24,26). The molecule has 2 N–H and O–H groups in total. The fraction of sp³-hybridized carbons (Fsp3) is 0.636. The van der Waals surface area contributed by atoms with E-state index in [-0.39, 0.29) is 23.8 Å². The van der Waals surface area contributed by atoms with E-state index in [4.69, 9.17) is 9.47 Å². The van der Waals surface area contributed by atoms with Gasteiger partial charge in [-0.05, 0) is 50.3 Å². The molecule has 0 spiro atoms. The largest absolute Gasteiger partial charge is 0.490 e. The molecule has 0 radical (unpaired) electrons. The lowest BCUT2D eigenvalue weighted by atomic mass is 9.95. The van der Waals surface area contributed by atoms with Crippen LogP contribution in [-0.4, -0.2) is 31.6 Å². The number of rotatable bonds is 13. The molecule has 0 fully saturated rings. The van der Waals surface area contributed by atoms with Crippen LogP contribution in [0.1, 0.15) is 71.9 Å². The zero-order chi connectivity index (χ0) is 20.9. The first kappa shape index (κ1) is 23.8. The van der Waals surface area contributed by atoms with E-state index >= 15 is 0 Å². The summed E-state index contributed by atoms with van der Waals surface area (Å²) >= 11 is 0. The molecule has 1 unspecified atom stereocenters. The van der Waals surface area contributed by atoms with E-state index < -0.39 is 0 Å². The topological polar surface area (TPSA) is 76.7 Å². The van der Waals surface area contributed by atoms with Crippen LogP contribution in [0.2, 0.25) is 0 Å². The van der Waals surface area contributed by atoms with Crippen LogP contribution < -0.4 is 20.1 Å². The second-order valence-electron chi connectivity index (χ2n) is 7.16. The summed E-state index contributed by atoms with van der Waals surface area (Å²) in [5.41, 5.74) is 1.01. The second-order valence-corrected chi connectivity index (χ2v) is 7.16. The minimum absolute atomic E-state index is 0.0145. The molecule has 0 aliphatic heterocycles. The predicted molar refractivity (Wildman–Crippen MR) is 112 cm³/mol. The molecular formula is C22H36N2O4. The number of nitrogens with one attached hydrogen (secondary N) is 2. The van der Waals surface area contributed by atoms with Crippen LogP contribution in [0.3, 0.4) is 0 Å². The fourth-order valence-electron chi connectivity index (χ4n) is 2.99. The molecule has 6 heteroatoms. The van der Waals surface area contributed by atoms with Gasteiger partial charge in [0.25, 0.3) is 0 Å². The van der Waals surface area contributed by atoms with E-state index in [0.29, 0.717) is 31.9 Å². The molecule has 0 heterocycles. The first-order valence-electron chi connectivity index (χ1n) is 10.3.